The third kappa shape index (κ3) is 2.47. The van der Waals surface area contributed by atoms with Crippen molar-refractivity contribution in [1.29, 1.82) is 0 Å². The van der Waals surface area contributed by atoms with E-state index in [4.69, 9.17) is 17.4 Å². The molecule has 1 atom stereocenters. The topological polar surface area (TPSA) is 38.0 Å². The minimum atomic E-state index is 0.160. The van der Waals surface area contributed by atoms with E-state index in [1.807, 2.05) is 19.1 Å². The minimum Gasteiger partial charge on any atom is -0.271 e. The van der Waals surface area contributed by atoms with Crippen LogP contribution in [-0.2, 0) is 0 Å². The van der Waals surface area contributed by atoms with Crippen molar-refractivity contribution >= 4 is 11.6 Å². The summed E-state index contributed by atoms with van der Waals surface area (Å²) in [5, 5.41) is 0.795. The number of hydrazine groups is 1. The van der Waals surface area contributed by atoms with Crippen LogP contribution in [0.15, 0.2) is 18.2 Å². The van der Waals surface area contributed by atoms with Gasteiger partial charge in [0.25, 0.3) is 0 Å². The Balaban J connectivity index is 3.00. The molecule has 0 heterocycles. The maximum Gasteiger partial charge on any atom is 0.0483 e. The standard InChI is InChI=1S/C11H17ClN2/c1-7(2)11(14-13)9-5-4-8(3)10(12)6-9/h4-7,11,14H,13H2,1-3H3. The van der Waals surface area contributed by atoms with Crippen molar-refractivity contribution in [2.45, 2.75) is 26.8 Å². The lowest BCUT2D eigenvalue weighted by atomic mass is 9.96. The average molecular weight is 213 g/mol. The third-order valence-electron chi connectivity index (χ3n) is 2.40. The second-order valence-corrected chi connectivity index (χ2v) is 4.30. The highest BCUT2D eigenvalue weighted by Crippen LogP contribution is 2.25. The van der Waals surface area contributed by atoms with Crippen LogP contribution in [-0.4, -0.2) is 0 Å². The van der Waals surface area contributed by atoms with Crippen LogP contribution in [0.1, 0.15) is 31.0 Å². The first kappa shape index (κ1) is 11.5. The second kappa shape index (κ2) is 4.78. The van der Waals surface area contributed by atoms with Crippen LogP contribution in [0.4, 0.5) is 0 Å². The zero-order valence-electron chi connectivity index (χ0n) is 8.84. The van der Waals surface area contributed by atoms with E-state index < -0.39 is 0 Å². The Labute approximate surface area is 90.4 Å². The summed E-state index contributed by atoms with van der Waals surface area (Å²) in [6.07, 6.45) is 0. The highest BCUT2D eigenvalue weighted by atomic mass is 35.5. The van der Waals surface area contributed by atoms with Gasteiger partial charge in [-0.05, 0) is 30.0 Å². The summed E-state index contributed by atoms with van der Waals surface area (Å²) < 4.78 is 0. The molecular formula is C11H17ClN2. The van der Waals surface area contributed by atoms with E-state index in [0.717, 1.165) is 16.1 Å². The van der Waals surface area contributed by atoms with Gasteiger partial charge in [-0.3, -0.25) is 11.3 Å². The SMILES string of the molecule is Cc1ccc(C(NN)C(C)C)cc1Cl. The molecule has 0 spiro atoms. The molecule has 0 fully saturated rings. The first-order valence-electron chi connectivity index (χ1n) is 4.78. The minimum absolute atomic E-state index is 0.160. The number of aryl methyl sites for hydroxylation is 1. The number of benzene rings is 1. The molecule has 0 bridgehead atoms. The molecule has 0 aliphatic heterocycles. The van der Waals surface area contributed by atoms with Crippen LogP contribution >= 0.6 is 11.6 Å². The molecule has 2 nitrogen and oxygen atoms in total. The van der Waals surface area contributed by atoms with Crippen molar-refractivity contribution in [2.75, 3.05) is 0 Å². The van der Waals surface area contributed by atoms with Gasteiger partial charge in [0.1, 0.15) is 0 Å². The quantitative estimate of drug-likeness (QED) is 0.598. The molecular weight excluding hydrogens is 196 g/mol. The number of halogens is 1. The molecule has 3 heteroatoms. The summed E-state index contributed by atoms with van der Waals surface area (Å²) in [6, 6.07) is 6.21. The summed E-state index contributed by atoms with van der Waals surface area (Å²) in [4.78, 5) is 0. The van der Waals surface area contributed by atoms with E-state index in [-0.39, 0.29) is 6.04 Å². The number of nitrogens with two attached hydrogens (primary N) is 1. The maximum atomic E-state index is 6.05. The van der Waals surface area contributed by atoms with Gasteiger partial charge >= 0.3 is 0 Å². The van der Waals surface area contributed by atoms with E-state index in [9.17, 15) is 0 Å². The first-order valence-corrected chi connectivity index (χ1v) is 5.16. The van der Waals surface area contributed by atoms with Crippen LogP contribution in [0, 0.1) is 12.8 Å². The molecule has 1 aromatic carbocycles. The van der Waals surface area contributed by atoms with Gasteiger partial charge in [-0.1, -0.05) is 37.6 Å². The van der Waals surface area contributed by atoms with Crippen molar-refractivity contribution in [3.63, 3.8) is 0 Å². The summed E-state index contributed by atoms with van der Waals surface area (Å²) >= 11 is 6.05. The number of hydrogen-bond acceptors (Lipinski definition) is 2. The average Bonchev–Trinajstić information content (AvgIpc) is 2.11. The molecule has 0 aliphatic carbocycles. The van der Waals surface area contributed by atoms with Crippen molar-refractivity contribution in [3.8, 4) is 0 Å². The molecule has 3 N–H and O–H groups in total. The predicted molar refractivity (Wildman–Crippen MR) is 61.1 cm³/mol. The fraction of sp³-hybridized carbons (Fsp3) is 0.455. The van der Waals surface area contributed by atoms with E-state index in [1.165, 1.54) is 0 Å². The van der Waals surface area contributed by atoms with Gasteiger partial charge < -0.3 is 0 Å². The highest BCUT2D eigenvalue weighted by molar-refractivity contribution is 6.31. The summed E-state index contributed by atoms with van der Waals surface area (Å²) in [5.74, 6) is 5.94. The Morgan fingerprint density at radius 3 is 2.43 bits per heavy atom. The van der Waals surface area contributed by atoms with Gasteiger partial charge in [0.2, 0.25) is 0 Å². The molecule has 1 aromatic rings. The molecule has 0 saturated heterocycles. The zero-order chi connectivity index (χ0) is 10.7. The normalized spacial score (nSPS) is 13.3. The van der Waals surface area contributed by atoms with Crippen LogP contribution < -0.4 is 11.3 Å². The Morgan fingerprint density at radius 1 is 1.36 bits per heavy atom. The molecule has 14 heavy (non-hydrogen) atoms. The van der Waals surface area contributed by atoms with E-state index in [2.05, 4.69) is 25.3 Å². The Bertz CT molecular complexity index is 310. The molecule has 0 aromatic heterocycles. The number of hydrogen-bond donors (Lipinski definition) is 2. The van der Waals surface area contributed by atoms with Crippen LogP contribution in [0.5, 0.6) is 0 Å². The Morgan fingerprint density at radius 2 is 2.00 bits per heavy atom. The molecule has 0 saturated carbocycles. The maximum absolute atomic E-state index is 6.05. The van der Waals surface area contributed by atoms with Gasteiger partial charge in [-0.25, -0.2) is 0 Å². The lowest BCUT2D eigenvalue weighted by Crippen LogP contribution is -2.31. The van der Waals surface area contributed by atoms with E-state index in [1.54, 1.807) is 0 Å². The molecule has 0 amide bonds. The molecule has 0 radical (unpaired) electrons. The van der Waals surface area contributed by atoms with E-state index >= 15 is 0 Å². The lowest BCUT2D eigenvalue weighted by Gasteiger charge is -2.20. The van der Waals surface area contributed by atoms with Gasteiger partial charge in [0.05, 0.1) is 0 Å². The van der Waals surface area contributed by atoms with Gasteiger partial charge in [-0.15, -0.1) is 0 Å². The number of rotatable bonds is 3. The monoisotopic (exact) mass is 212 g/mol. The van der Waals surface area contributed by atoms with E-state index in [0.29, 0.717) is 5.92 Å². The molecule has 0 aliphatic rings. The summed E-state index contributed by atoms with van der Waals surface area (Å²) in [6.45, 7) is 6.24. The third-order valence-corrected chi connectivity index (χ3v) is 2.81. The predicted octanol–water partition coefficient (Wildman–Crippen LogP) is 2.81. The first-order chi connectivity index (χ1) is 6.56. The fourth-order valence-corrected chi connectivity index (χ4v) is 1.67. The zero-order valence-corrected chi connectivity index (χ0v) is 9.60. The van der Waals surface area contributed by atoms with Crippen LogP contribution in [0.3, 0.4) is 0 Å². The van der Waals surface area contributed by atoms with Crippen LogP contribution in [0.2, 0.25) is 5.02 Å². The Kier molecular flexibility index (Phi) is 3.93. The largest absolute Gasteiger partial charge is 0.271 e. The molecule has 1 rings (SSSR count). The van der Waals surface area contributed by atoms with Gasteiger partial charge in [0, 0.05) is 11.1 Å². The number of nitrogens with one attached hydrogen (secondary N) is 1. The van der Waals surface area contributed by atoms with Crippen molar-refractivity contribution in [1.82, 2.24) is 5.43 Å². The molecule has 78 valence electrons. The Hall–Kier alpha value is -0.570. The summed E-state index contributed by atoms with van der Waals surface area (Å²) in [5.41, 5.74) is 5.04. The molecule has 1 unspecified atom stereocenters. The van der Waals surface area contributed by atoms with Crippen molar-refractivity contribution in [2.24, 2.45) is 11.8 Å². The van der Waals surface area contributed by atoms with Gasteiger partial charge in [0.15, 0.2) is 0 Å². The highest BCUT2D eigenvalue weighted by Gasteiger charge is 2.14. The smallest absolute Gasteiger partial charge is 0.0483 e. The van der Waals surface area contributed by atoms with Crippen molar-refractivity contribution in [3.05, 3.63) is 34.3 Å². The second-order valence-electron chi connectivity index (χ2n) is 3.90. The van der Waals surface area contributed by atoms with Crippen molar-refractivity contribution < 1.29 is 0 Å². The van der Waals surface area contributed by atoms with Crippen LogP contribution in [0.25, 0.3) is 0 Å². The summed E-state index contributed by atoms with van der Waals surface area (Å²) in [7, 11) is 0. The lowest BCUT2D eigenvalue weighted by molar-refractivity contribution is 0.421. The van der Waals surface area contributed by atoms with Gasteiger partial charge in [-0.2, -0.15) is 0 Å². The fourth-order valence-electron chi connectivity index (χ4n) is 1.48.